The van der Waals surface area contributed by atoms with Crippen molar-refractivity contribution >= 4 is 23.1 Å². The molecule has 6 heteroatoms. The molecule has 0 radical (unpaired) electrons. The van der Waals surface area contributed by atoms with Crippen LogP contribution in [0, 0.1) is 6.92 Å². The Bertz CT molecular complexity index is 470. The predicted molar refractivity (Wildman–Crippen MR) is 71.1 cm³/mol. The van der Waals surface area contributed by atoms with Gasteiger partial charge in [-0.05, 0) is 38.3 Å². The van der Waals surface area contributed by atoms with Crippen LogP contribution in [-0.2, 0) is 0 Å². The largest absolute Gasteiger partial charge is 0.409 e. The van der Waals surface area contributed by atoms with Gasteiger partial charge in [0.2, 0.25) is 0 Å². The second kappa shape index (κ2) is 5.39. The SMILES string of the molecule is Cc1ccc(C(=O)N2CCCCC2C(N)=NO)s1. The van der Waals surface area contributed by atoms with Crippen molar-refractivity contribution in [3.8, 4) is 0 Å². The zero-order valence-electron chi connectivity index (χ0n) is 10.3. The van der Waals surface area contributed by atoms with E-state index in [1.165, 1.54) is 11.3 Å². The highest BCUT2D eigenvalue weighted by Gasteiger charge is 2.30. The number of hydrogen-bond donors (Lipinski definition) is 2. The number of piperidine rings is 1. The number of amidine groups is 1. The summed E-state index contributed by atoms with van der Waals surface area (Å²) in [7, 11) is 0. The molecule has 98 valence electrons. The molecule has 0 saturated carbocycles. The smallest absolute Gasteiger partial charge is 0.264 e. The van der Waals surface area contributed by atoms with E-state index in [-0.39, 0.29) is 17.8 Å². The summed E-state index contributed by atoms with van der Waals surface area (Å²) in [4.78, 5) is 15.9. The molecule has 1 saturated heterocycles. The van der Waals surface area contributed by atoms with E-state index >= 15 is 0 Å². The Labute approximate surface area is 110 Å². The molecule has 1 aliphatic heterocycles. The monoisotopic (exact) mass is 267 g/mol. The first-order chi connectivity index (χ1) is 8.63. The van der Waals surface area contributed by atoms with Gasteiger partial charge in [0, 0.05) is 11.4 Å². The molecule has 18 heavy (non-hydrogen) atoms. The lowest BCUT2D eigenvalue weighted by molar-refractivity contribution is 0.0681. The topological polar surface area (TPSA) is 78.9 Å². The number of carbonyl (C=O) groups is 1. The van der Waals surface area contributed by atoms with Gasteiger partial charge in [-0.3, -0.25) is 4.79 Å². The van der Waals surface area contributed by atoms with Crippen LogP contribution in [0.2, 0.25) is 0 Å². The highest BCUT2D eigenvalue weighted by atomic mass is 32.1. The molecule has 1 amide bonds. The van der Waals surface area contributed by atoms with Crippen LogP contribution in [0.15, 0.2) is 17.3 Å². The van der Waals surface area contributed by atoms with Gasteiger partial charge in [0.05, 0.1) is 10.9 Å². The average Bonchev–Trinajstić information content (AvgIpc) is 2.83. The first-order valence-corrected chi connectivity index (χ1v) is 6.80. The van der Waals surface area contributed by atoms with Gasteiger partial charge in [0.1, 0.15) is 0 Å². The number of carbonyl (C=O) groups excluding carboxylic acids is 1. The van der Waals surface area contributed by atoms with Crippen LogP contribution in [0.3, 0.4) is 0 Å². The van der Waals surface area contributed by atoms with E-state index in [1.807, 2.05) is 19.1 Å². The minimum absolute atomic E-state index is 0.0237. The maximum Gasteiger partial charge on any atom is 0.264 e. The lowest BCUT2D eigenvalue weighted by Gasteiger charge is -2.34. The normalized spacial score (nSPS) is 21.1. The molecule has 1 unspecified atom stereocenters. The minimum Gasteiger partial charge on any atom is -0.409 e. The number of oxime groups is 1. The van der Waals surface area contributed by atoms with Crippen LogP contribution in [0.4, 0.5) is 0 Å². The van der Waals surface area contributed by atoms with Crippen LogP contribution in [0.1, 0.15) is 33.8 Å². The summed E-state index contributed by atoms with van der Waals surface area (Å²) in [6.07, 6.45) is 2.71. The fourth-order valence-electron chi connectivity index (χ4n) is 2.24. The molecule has 0 aliphatic carbocycles. The van der Waals surface area contributed by atoms with E-state index in [4.69, 9.17) is 10.9 Å². The van der Waals surface area contributed by atoms with Crippen molar-refractivity contribution in [2.75, 3.05) is 6.54 Å². The zero-order valence-corrected chi connectivity index (χ0v) is 11.1. The van der Waals surface area contributed by atoms with Gasteiger partial charge in [-0.15, -0.1) is 11.3 Å². The van der Waals surface area contributed by atoms with Gasteiger partial charge >= 0.3 is 0 Å². The molecule has 3 N–H and O–H groups in total. The number of nitrogens with zero attached hydrogens (tertiary/aromatic N) is 2. The van der Waals surface area contributed by atoms with Crippen LogP contribution in [-0.4, -0.2) is 34.4 Å². The summed E-state index contributed by atoms with van der Waals surface area (Å²) in [5.74, 6) is 0.0979. The van der Waals surface area contributed by atoms with Crippen LogP contribution in [0.25, 0.3) is 0 Å². The van der Waals surface area contributed by atoms with E-state index in [0.717, 1.165) is 24.1 Å². The number of likely N-dealkylation sites (tertiary alicyclic amines) is 1. The molecule has 5 nitrogen and oxygen atoms in total. The number of nitrogens with two attached hydrogens (primary N) is 1. The molecule has 1 atom stereocenters. The third-order valence-corrected chi connectivity index (χ3v) is 4.16. The molecule has 0 bridgehead atoms. The number of rotatable bonds is 2. The van der Waals surface area contributed by atoms with E-state index in [1.54, 1.807) is 4.90 Å². The quantitative estimate of drug-likeness (QED) is 0.371. The third kappa shape index (κ3) is 2.48. The molecule has 1 aliphatic rings. The Balaban J connectivity index is 2.21. The molecule has 1 aromatic rings. The Morgan fingerprint density at radius 2 is 2.33 bits per heavy atom. The first kappa shape index (κ1) is 12.9. The molecular formula is C12H17N3O2S. The van der Waals surface area contributed by atoms with Gasteiger partial charge in [0.15, 0.2) is 5.84 Å². The van der Waals surface area contributed by atoms with Crippen LogP contribution in [0.5, 0.6) is 0 Å². The second-order valence-corrected chi connectivity index (χ2v) is 5.73. The van der Waals surface area contributed by atoms with E-state index < -0.39 is 0 Å². The van der Waals surface area contributed by atoms with Gasteiger partial charge in [-0.2, -0.15) is 0 Å². The number of amides is 1. The summed E-state index contributed by atoms with van der Waals surface area (Å²) < 4.78 is 0. The van der Waals surface area contributed by atoms with Crippen molar-refractivity contribution < 1.29 is 10.0 Å². The lowest BCUT2D eigenvalue weighted by Crippen LogP contribution is -2.50. The van der Waals surface area contributed by atoms with Crippen molar-refractivity contribution in [3.63, 3.8) is 0 Å². The van der Waals surface area contributed by atoms with Crippen molar-refractivity contribution in [3.05, 3.63) is 21.9 Å². The van der Waals surface area contributed by atoms with Crippen LogP contribution >= 0.6 is 11.3 Å². The minimum atomic E-state index is -0.279. The standard InChI is InChI=1S/C12H17N3O2S/c1-8-5-6-10(18-8)12(16)15-7-3-2-4-9(15)11(13)14-17/h5-6,9,17H,2-4,7H2,1H3,(H2,13,14). The molecule has 2 heterocycles. The Morgan fingerprint density at radius 1 is 1.56 bits per heavy atom. The Morgan fingerprint density at radius 3 is 2.94 bits per heavy atom. The van der Waals surface area contributed by atoms with Crippen molar-refractivity contribution in [2.24, 2.45) is 10.9 Å². The summed E-state index contributed by atoms with van der Waals surface area (Å²) in [6.45, 7) is 2.63. The van der Waals surface area contributed by atoms with E-state index in [2.05, 4.69) is 5.16 Å². The number of hydrogen-bond acceptors (Lipinski definition) is 4. The number of thiophene rings is 1. The fourth-order valence-corrected chi connectivity index (χ4v) is 3.06. The first-order valence-electron chi connectivity index (χ1n) is 5.98. The van der Waals surface area contributed by atoms with Gasteiger partial charge in [-0.25, -0.2) is 0 Å². The van der Waals surface area contributed by atoms with Crippen molar-refractivity contribution in [2.45, 2.75) is 32.2 Å². The molecule has 0 spiro atoms. The number of aryl methyl sites for hydroxylation is 1. The zero-order chi connectivity index (χ0) is 13.1. The van der Waals surface area contributed by atoms with Crippen molar-refractivity contribution in [1.82, 2.24) is 4.90 Å². The fraction of sp³-hybridized carbons (Fsp3) is 0.500. The molecule has 0 aromatic carbocycles. The highest BCUT2D eigenvalue weighted by molar-refractivity contribution is 7.13. The Kier molecular flexibility index (Phi) is 3.86. The Hall–Kier alpha value is -1.56. The summed E-state index contributed by atoms with van der Waals surface area (Å²) in [5.41, 5.74) is 5.67. The van der Waals surface area contributed by atoms with Gasteiger partial charge in [0.25, 0.3) is 5.91 Å². The predicted octanol–water partition coefficient (Wildman–Crippen LogP) is 1.80. The second-order valence-electron chi connectivity index (χ2n) is 4.45. The summed E-state index contributed by atoms with van der Waals surface area (Å²) >= 11 is 1.48. The van der Waals surface area contributed by atoms with E-state index in [9.17, 15) is 4.79 Å². The van der Waals surface area contributed by atoms with E-state index in [0.29, 0.717) is 11.4 Å². The summed E-state index contributed by atoms with van der Waals surface area (Å²) in [5, 5.41) is 11.8. The molecule has 1 fully saturated rings. The molecule has 2 rings (SSSR count). The van der Waals surface area contributed by atoms with Crippen molar-refractivity contribution in [1.29, 1.82) is 0 Å². The maximum absolute atomic E-state index is 12.4. The lowest BCUT2D eigenvalue weighted by atomic mass is 10.0. The van der Waals surface area contributed by atoms with Gasteiger partial charge in [-0.1, -0.05) is 5.16 Å². The third-order valence-electron chi connectivity index (χ3n) is 3.17. The highest BCUT2D eigenvalue weighted by Crippen LogP contribution is 2.23. The molecule has 1 aromatic heterocycles. The van der Waals surface area contributed by atoms with Gasteiger partial charge < -0.3 is 15.8 Å². The molecular weight excluding hydrogens is 250 g/mol. The van der Waals surface area contributed by atoms with Crippen LogP contribution < -0.4 is 5.73 Å². The summed E-state index contributed by atoms with van der Waals surface area (Å²) in [6, 6.07) is 3.49. The maximum atomic E-state index is 12.4. The average molecular weight is 267 g/mol.